The van der Waals surface area contributed by atoms with Crippen LogP contribution in [0.25, 0.3) is 0 Å². The van der Waals surface area contributed by atoms with E-state index >= 15 is 0 Å². The molecule has 0 saturated heterocycles. The minimum atomic E-state index is -0.138. The predicted molar refractivity (Wildman–Crippen MR) is 110 cm³/mol. The van der Waals surface area contributed by atoms with Gasteiger partial charge in [0.05, 0.1) is 0 Å². The van der Waals surface area contributed by atoms with Crippen LogP contribution in [0.5, 0.6) is 0 Å². The standard InChI is InChI=1S/C20H25N5OS/c1-5-8-17-22-24(20(27)25(17)23-9-6-7-10-23)13-18(26)21-19-15(3)11-14(2)12-16(19)4/h6-7,9-12H,5,8,13H2,1-4H3,(H,21,26). The molecule has 3 rings (SSSR count). The fourth-order valence-electron chi connectivity index (χ4n) is 3.31. The number of hydrogen-bond donors (Lipinski definition) is 1. The second kappa shape index (κ2) is 7.92. The van der Waals surface area contributed by atoms with Gasteiger partial charge in [-0.3, -0.25) is 9.47 Å². The van der Waals surface area contributed by atoms with Gasteiger partial charge >= 0.3 is 0 Å². The summed E-state index contributed by atoms with van der Waals surface area (Å²) in [7, 11) is 0. The second-order valence-electron chi connectivity index (χ2n) is 6.80. The van der Waals surface area contributed by atoms with Gasteiger partial charge in [0.2, 0.25) is 10.7 Å². The third kappa shape index (κ3) is 4.03. The molecule has 1 amide bonds. The van der Waals surface area contributed by atoms with Crippen LogP contribution in [0.1, 0.15) is 35.9 Å². The minimum Gasteiger partial charge on any atom is -0.324 e. The zero-order valence-corrected chi connectivity index (χ0v) is 17.0. The molecule has 3 aromatic rings. The highest BCUT2D eigenvalue weighted by Crippen LogP contribution is 2.22. The molecule has 0 atom stereocenters. The SMILES string of the molecule is CCCc1nn(CC(=O)Nc2c(C)cc(C)cc2C)c(=S)n1-n1cccc1. The number of aromatic nitrogens is 4. The van der Waals surface area contributed by atoms with Crippen molar-refractivity contribution in [3.63, 3.8) is 0 Å². The van der Waals surface area contributed by atoms with Gasteiger partial charge in [0.25, 0.3) is 0 Å². The number of aryl methyl sites for hydroxylation is 4. The number of nitrogens with zero attached hydrogens (tertiary/aromatic N) is 4. The van der Waals surface area contributed by atoms with Crippen molar-refractivity contribution in [1.29, 1.82) is 0 Å². The van der Waals surface area contributed by atoms with Crippen LogP contribution >= 0.6 is 12.2 Å². The van der Waals surface area contributed by atoms with Gasteiger partial charge in [0, 0.05) is 24.5 Å². The number of carbonyl (C=O) groups is 1. The fraction of sp³-hybridized carbons (Fsp3) is 0.350. The summed E-state index contributed by atoms with van der Waals surface area (Å²) in [6.45, 7) is 8.23. The van der Waals surface area contributed by atoms with Crippen molar-refractivity contribution in [2.24, 2.45) is 0 Å². The quantitative estimate of drug-likeness (QED) is 0.654. The molecule has 0 aliphatic heterocycles. The van der Waals surface area contributed by atoms with Gasteiger partial charge in [-0.25, -0.2) is 9.36 Å². The molecule has 142 valence electrons. The Kier molecular flexibility index (Phi) is 5.60. The summed E-state index contributed by atoms with van der Waals surface area (Å²) in [5.41, 5.74) is 4.14. The zero-order valence-electron chi connectivity index (χ0n) is 16.2. The molecule has 0 aliphatic carbocycles. The van der Waals surface area contributed by atoms with Gasteiger partial charge in [0.1, 0.15) is 6.54 Å². The van der Waals surface area contributed by atoms with E-state index in [2.05, 4.69) is 29.5 Å². The third-order valence-corrected chi connectivity index (χ3v) is 4.79. The average molecular weight is 384 g/mol. The number of benzene rings is 1. The molecule has 1 N–H and O–H groups in total. The Hall–Kier alpha value is -2.67. The summed E-state index contributed by atoms with van der Waals surface area (Å²) < 4.78 is 5.86. The minimum absolute atomic E-state index is 0.0799. The van der Waals surface area contributed by atoms with Crippen LogP contribution in [0.4, 0.5) is 5.69 Å². The largest absolute Gasteiger partial charge is 0.324 e. The Balaban J connectivity index is 1.87. The first-order valence-electron chi connectivity index (χ1n) is 9.10. The molecule has 7 heteroatoms. The molecule has 27 heavy (non-hydrogen) atoms. The van der Waals surface area contributed by atoms with E-state index < -0.39 is 0 Å². The molecular weight excluding hydrogens is 358 g/mol. The van der Waals surface area contributed by atoms with Crippen LogP contribution in [0.3, 0.4) is 0 Å². The first-order valence-corrected chi connectivity index (χ1v) is 9.51. The first-order chi connectivity index (χ1) is 12.9. The second-order valence-corrected chi connectivity index (χ2v) is 7.17. The Morgan fingerprint density at radius 3 is 2.37 bits per heavy atom. The van der Waals surface area contributed by atoms with E-state index in [0.717, 1.165) is 35.5 Å². The van der Waals surface area contributed by atoms with E-state index in [9.17, 15) is 4.79 Å². The molecule has 0 unspecified atom stereocenters. The summed E-state index contributed by atoms with van der Waals surface area (Å²) in [6, 6.07) is 8.00. The van der Waals surface area contributed by atoms with Gasteiger partial charge in [-0.05, 0) is 62.7 Å². The van der Waals surface area contributed by atoms with Crippen molar-refractivity contribution in [3.8, 4) is 0 Å². The van der Waals surface area contributed by atoms with E-state index in [1.54, 1.807) is 4.68 Å². The Morgan fingerprint density at radius 1 is 1.15 bits per heavy atom. The zero-order chi connectivity index (χ0) is 19.6. The predicted octanol–water partition coefficient (Wildman–Crippen LogP) is 4.04. The number of rotatable bonds is 6. The fourth-order valence-corrected chi connectivity index (χ4v) is 3.61. The molecule has 2 aromatic heterocycles. The highest BCUT2D eigenvalue weighted by Gasteiger charge is 2.15. The summed E-state index contributed by atoms with van der Waals surface area (Å²) in [5.74, 6) is 0.704. The Bertz CT molecular complexity index is 991. The van der Waals surface area contributed by atoms with Crippen LogP contribution < -0.4 is 5.32 Å². The lowest BCUT2D eigenvalue weighted by molar-refractivity contribution is -0.116. The van der Waals surface area contributed by atoms with E-state index in [1.807, 2.05) is 54.6 Å². The molecule has 0 fully saturated rings. The Morgan fingerprint density at radius 2 is 1.78 bits per heavy atom. The highest BCUT2D eigenvalue weighted by atomic mass is 32.1. The van der Waals surface area contributed by atoms with Crippen LogP contribution in [-0.2, 0) is 17.8 Å². The third-order valence-electron chi connectivity index (χ3n) is 4.41. The number of amides is 1. The average Bonchev–Trinajstić information content (AvgIpc) is 3.20. The number of hydrogen-bond acceptors (Lipinski definition) is 3. The van der Waals surface area contributed by atoms with Crippen LogP contribution in [0, 0.1) is 25.5 Å². The van der Waals surface area contributed by atoms with Crippen LogP contribution in [0.2, 0.25) is 0 Å². The van der Waals surface area contributed by atoms with Crippen molar-refractivity contribution in [3.05, 3.63) is 63.9 Å². The molecule has 0 saturated carbocycles. The van der Waals surface area contributed by atoms with Crippen molar-refractivity contribution in [1.82, 2.24) is 19.1 Å². The molecule has 2 heterocycles. The van der Waals surface area contributed by atoms with Gasteiger partial charge in [-0.2, -0.15) is 5.10 Å². The van der Waals surface area contributed by atoms with E-state index in [0.29, 0.717) is 4.77 Å². The van der Waals surface area contributed by atoms with Gasteiger partial charge in [-0.1, -0.05) is 24.6 Å². The topological polar surface area (TPSA) is 56.8 Å². The van der Waals surface area contributed by atoms with Crippen LogP contribution in [0.15, 0.2) is 36.7 Å². The summed E-state index contributed by atoms with van der Waals surface area (Å²) in [4.78, 5) is 12.7. The number of carbonyl (C=O) groups excluding carboxylic acids is 1. The summed E-state index contributed by atoms with van der Waals surface area (Å²) >= 11 is 5.59. The molecule has 0 spiro atoms. The van der Waals surface area contributed by atoms with E-state index in [1.165, 1.54) is 5.56 Å². The molecule has 1 aromatic carbocycles. The van der Waals surface area contributed by atoms with Crippen molar-refractivity contribution in [2.45, 2.75) is 47.1 Å². The van der Waals surface area contributed by atoms with Gasteiger partial charge < -0.3 is 5.32 Å². The van der Waals surface area contributed by atoms with Crippen molar-refractivity contribution >= 4 is 23.8 Å². The number of nitrogens with one attached hydrogen (secondary N) is 1. The lowest BCUT2D eigenvalue weighted by Gasteiger charge is -2.12. The van der Waals surface area contributed by atoms with Crippen molar-refractivity contribution < 1.29 is 4.79 Å². The monoisotopic (exact) mass is 383 g/mol. The first kappa shape index (κ1) is 19.1. The van der Waals surface area contributed by atoms with Gasteiger partial charge in [0.15, 0.2) is 5.82 Å². The van der Waals surface area contributed by atoms with Gasteiger partial charge in [-0.15, -0.1) is 0 Å². The molecule has 6 nitrogen and oxygen atoms in total. The molecule has 0 bridgehead atoms. The maximum Gasteiger partial charge on any atom is 0.246 e. The lowest BCUT2D eigenvalue weighted by atomic mass is 10.1. The van der Waals surface area contributed by atoms with E-state index in [4.69, 9.17) is 12.2 Å². The summed E-state index contributed by atoms with van der Waals surface area (Å²) in [6.07, 6.45) is 5.56. The summed E-state index contributed by atoms with van der Waals surface area (Å²) in [5, 5.41) is 7.60. The highest BCUT2D eigenvalue weighted by molar-refractivity contribution is 7.71. The molecular formula is C20H25N5OS. The van der Waals surface area contributed by atoms with E-state index in [-0.39, 0.29) is 12.5 Å². The van der Waals surface area contributed by atoms with Crippen molar-refractivity contribution in [2.75, 3.05) is 5.32 Å². The number of anilines is 1. The molecule has 0 radical (unpaired) electrons. The smallest absolute Gasteiger partial charge is 0.246 e. The maximum absolute atomic E-state index is 12.7. The Labute approximate surface area is 164 Å². The normalized spacial score (nSPS) is 11.0. The maximum atomic E-state index is 12.7. The van der Waals surface area contributed by atoms with Crippen LogP contribution in [-0.4, -0.2) is 25.0 Å². The molecule has 0 aliphatic rings. The lowest BCUT2D eigenvalue weighted by Crippen LogP contribution is -2.21.